The molecule has 1 atom stereocenters. The number of aryl methyl sites for hydroxylation is 1. The van der Waals surface area contributed by atoms with Crippen LogP contribution >= 0.6 is 0 Å². The molecule has 1 aliphatic heterocycles. The van der Waals surface area contributed by atoms with Gasteiger partial charge in [-0.2, -0.15) is 4.98 Å². The number of hydrogen-bond acceptors (Lipinski definition) is 7. The molecule has 4 heterocycles. The summed E-state index contributed by atoms with van der Waals surface area (Å²) in [6, 6.07) is 8.07. The van der Waals surface area contributed by atoms with Gasteiger partial charge >= 0.3 is 6.09 Å². The van der Waals surface area contributed by atoms with Gasteiger partial charge in [-0.25, -0.2) is 14.8 Å². The number of pyridine rings is 1. The quantitative estimate of drug-likeness (QED) is 0.470. The second-order valence-corrected chi connectivity index (χ2v) is 9.21. The van der Waals surface area contributed by atoms with Gasteiger partial charge in [0.25, 0.3) is 0 Å². The number of fused-ring (bicyclic) bond motifs is 2. The Morgan fingerprint density at radius 2 is 1.97 bits per heavy atom. The van der Waals surface area contributed by atoms with Gasteiger partial charge < -0.3 is 18.9 Å². The third-order valence-electron chi connectivity index (χ3n) is 5.61. The van der Waals surface area contributed by atoms with Gasteiger partial charge in [-0.1, -0.05) is 24.3 Å². The summed E-state index contributed by atoms with van der Waals surface area (Å²) in [5.41, 5.74) is 1.63. The van der Waals surface area contributed by atoms with Crippen molar-refractivity contribution in [3.63, 3.8) is 0 Å². The molecule has 9 heteroatoms. The van der Waals surface area contributed by atoms with Crippen molar-refractivity contribution in [2.45, 2.75) is 38.9 Å². The number of benzene rings is 1. The summed E-state index contributed by atoms with van der Waals surface area (Å²) in [6.07, 6.45) is 5.30. The van der Waals surface area contributed by atoms with Crippen LogP contribution in [0.2, 0.25) is 0 Å². The van der Waals surface area contributed by atoms with Gasteiger partial charge in [0.2, 0.25) is 5.88 Å². The van der Waals surface area contributed by atoms with E-state index in [0.29, 0.717) is 36.6 Å². The van der Waals surface area contributed by atoms with Crippen molar-refractivity contribution in [1.29, 1.82) is 0 Å². The van der Waals surface area contributed by atoms with Gasteiger partial charge in [-0.15, -0.1) is 0 Å². The summed E-state index contributed by atoms with van der Waals surface area (Å²) < 4.78 is 13.6. The summed E-state index contributed by atoms with van der Waals surface area (Å²) in [4.78, 5) is 32.1. The van der Waals surface area contributed by atoms with E-state index in [2.05, 4.69) is 21.0 Å². The normalized spacial score (nSPS) is 16.5. The number of ether oxygens (including phenoxy) is 2. The first-order chi connectivity index (χ1) is 15.8. The highest BCUT2D eigenvalue weighted by atomic mass is 16.6. The lowest BCUT2D eigenvalue weighted by Crippen LogP contribution is -2.36. The number of aromatic nitrogens is 5. The molecule has 0 saturated carbocycles. The first-order valence-corrected chi connectivity index (χ1v) is 11.0. The van der Waals surface area contributed by atoms with Crippen LogP contribution in [0.1, 0.15) is 27.2 Å². The lowest BCUT2D eigenvalue weighted by molar-refractivity contribution is 0.0275. The number of likely N-dealkylation sites (tertiary alicyclic amines) is 1. The zero-order valence-corrected chi connectivity index (χ0v) is 19.1. The van der Waals surface area contributed by atoms with Gasteiger partial charge in [0, 0.05) is 43.4 Å². The van der Waals surface area contributed by atoms with E-state index in [-0.39, 0.29) is 12.2 Å². The highest BCUT2D eigenvalue weighted by molar-refractivity contribution is 5.96. The van der Waals surface area contributed by atoms with Crippen molar-refractivity contribution in [3.8, 4) is 17.3 Å². The predicted molar refractivity (Wildman–Crippen MR) is 124 cm³/mol. The van der Waals surface area contributed by atoms with Crippen molar-refractivity contribution in [3.05, 3.63) is 43.0 Å². The van der Waals surface area contributed by atoms with Gasteiger partial charge in [-0.3, -0.25) is 4.98 Å². The lowest BCUT2D eigenvalue weighted by Gasteiger charge is -2.24. The van der Waals surface area contributed by atoms with Crippen LogP contribution in [-0.2, 0) is 11.8 Å². The highest BCUT2D eigenvalue weighted by Gasteiger charge is 2.32. The molecule has 0 N–H and O–H groups in total. The van der Waals surface area contributed by atoms with Crippen LogP contribution in [0.25, 0.3) is 33.3 Å². The number of rotatable bonds is 3. The van der Waals surface area contributed by atoms with Crippen LogP contribution in [0.3, 0.4) is 0 Å². The zero-order chi connectivity index (χ0) is 23.2. The Hall–Kier alpha value is -3.75. The minimum absolute atomic E-state index is 0.194. The molecule has 1 saturated heterocycles. The van der Waals surface area contributed by atoms with E-state index in [0.717, 1.165) is 22.2 Å². The van der Waals surface area contributed by atoms with E-state index in [9.17, 15) is 4.79 Å². The standard InChI is InChI=1S/C24H26N6O3/c1-24(2,3)33-23(31)30-10-9-16(13-30)32-22-19-21(26-14-27-22)29(4)20(28-19)18-12-25-11-15-7-5-6-8-17(15)18/h5-8,11-12,14,16H,9-10,13H2,1-4H3/t16-/m0/s1. The van der Waals surface area contributed by atoms with E-state index in [4.69, 9.17) is 14.5 Å². The Morgan fingerprint density at radius 1 is 1.15 bits per heavy atom. The third kappa shape index (κ3) is 4.06. The molecular weight excluding hydrogens is 420 g/mol. The zero-order valence-electron chi connectivity index (χ0n) is 19.1. The second-order valence-electron chi connectivity index (χ2n) is 9.21. The summed E-state index contributed by atoms with van der Waals surface area (Å²) in [5.74, 6) is 1.15. The maximum absolute atomic E-state index is 12.4. The molecular formula is C24H26N6O3. The van der Waals surface area contributed by atoms with Gasteiger partial charge in [0.15, 0.2) is 11.2 Å². The van der Waals surface area contributed by atoms with E-state index in [1.54, 1.807) is 4.90 Å². The molecule has 3 aromatic heterocycles. The second kappa shape index (κ2) is 7.99. The van der Waals surface area contributed by atoms with Crippen molar-refractivity contribution >= 4 is 28.0 Å². The predicted octanol–water partition coefficient (Wildman–Crippen LogP) is 3.97. The molecule has 0 radical (unpaired) electrons. The van der Waals surface area contributed by atoms with E-state index >= 15 is 0 Å². The Balaban J connectivity index is 1.44. The van der Waals surface area contributed by atoms with Crippen molar-refractivity contribution in [2.24, 2.45) is 7.05 Å². The van der Waals surface area contributed by atoms with Crippen LogP contribution in [0.4, 0.5) is 4.79 Å². The fourth-order valence-corrected chi connectivity index (χ4v) is 4.07. The molecule has 9 nitrogen and oxygen atoms in total. The summed E-state index contributed by atoms with van der Waals surface area (Å²) in [7, 11) is 1.92. The first-order valence-electron chi connectivity index (χ1n) is 11.0. The Bertz CT molecular complexity index is 1340. The molecule has 1 fully saturated rings. The largest absolute Gasteiger partial charge is 0.471 e. The Kier molecular flexibility index (Phi) is 5.11. The molecule has 33 heavy (non-hydrogen) atoms. The number of carbonyl (C=O) groups excluding carboxylic acids is 1. The van der Waals surface area contributed by atoms with Gasteiger partial charge in [0.05, 0.1) is 6.54 Å². The Morgan fingerprint density at radius 3 is 2.79 bits per heavy atom. The Labute approximate surface area is 191 Å². The minimum Gasteiger partial charge on any atom is -0.471 e. The molecule has 4 aromatic rings. The van der Waals surface area contributed by atoms with Crippen LogP contribution < -0.4 is 4.74 Å². The van der Waals surface area contributed by atoms with Crippen LogP contribution in [0.15, 0.2) is 43.0 Å². The van der Waals surface area contributed by atoms with Crippen molar-refractivity contribution < 1.29 is 14.3 Å². The molecule has 0 bridgehead atoms. The summed E-state index contributed by atoms with van der Waals surface area (Å²) >= 11 is 0. The fourth-order valence-electron chi connectivity index (χ4n) is 4.07. The van der Waals surface area contributed by atoms with E-state index in [1.165, 1.54) is 6.33 Å². The number of amides is 1. The average Bonchev–Trinajstić information content (AvgIpc) is 3.38. The molecule has 0 aliphatic carbocycles. The first kappa shape index (κ1) is 21.1. The van der Waals surface area contributed by atoms with Crippen LogP contribution in [0, 0.1) is 0 Å². The number of hydrogen-bond donors (Lipinski definition) is 0. The van der Waals surface area contributed by atoms with Crippen molar-refractivity contribution in [2.75, 3.05) is 13.1 Å². The lowest BCUT2D eigenvalue weighted by atomic mass is 10.1. The smallest absolute Gasteiger partial charge is 0.410 e. The molecule has 1 aliphatic rings. The molecule has 5 rings (SSSR count). The number of carbonyl (C=O) groups is 1. The number of nitrogens with zero attached hydrogens (tertiary/aromatic N) is 6. The maximum atomic E-state index is 12.4. The summed E-state index contributed by atoms with van der Waals surface area (Å²) in [5, 5.41) is 2.10. The fraction of sp³-hybridized carbons (Fsp3) is 0.375. The van der Waals surface area contributed by atoms with Gasteiger partial charge in [0.1, 0.15) is 23.9 Å². The SMILES string of the molecule is Cn1c(-c2cncc3ccccc23)nc2c(O[C@H]3CCN(C(=O)OC(C)(C)C)C3)ncnc21. The van der Waals surface area contributed by atoms with Crippen LogP contribution in [-0.4, -0.2) is 60.3 Å². The average molecular weight is 447 g/mol. The minimum atomic E-state index is -0.532. The highest BCUT2D eigenvalue weighted by Crippen LogP contribution is 2.31. The molecule has 0 unspecified atom stereocenters. The third-order valence-corrected chi connectivity index (χ3v) is 5.61. The number of imidazole rings is 1. The molecule has 170 valence electrons. The molecule has 1 aromatic carbocycles. The molecule has 0 spiro atoms. The van der Waals surface area contributed by atoms with E-state index < -0.39 is 5.60 Å². The van der Waals surface area contributed by atoms with Crippen molar-refractivity contribution in [1.82, 2.24) is 29.4 Å². The van der Waals surface area contributed by atoms with E-state index in [1.807, 2.05) is 63.0 Å². The summed E-state index contributed by atoms with van der Waals surface area (Å²) in [6.45, 7) is 6.58. The maximum Gasteiger partial charge on any atom is 0.410 e. The topological polar surface area (TPSA) is 95.3 Å². The monoisotopic (exact) mass is 446 g/mol. The van der Waals surface area contributed by atoms with Crippen LogP contribution in [0.5, 0.6) is 5.88 Å². The molecule has 1 amide bonds. The van der Waals surface area contributed by atoms with Gasteiger partial charge in [-0.05, 0) is 26.2 Å².